The fraction of sp³-hybridized carbons (Fsp3) is 0.250. The van der Waals surface area contributed by atoms with Crippen LogP contribution in [0.15, 0.2) is 61.6 Å². The lowest BCUT2D eigenvalue weighted by Gasteiger charge is -2.14. The number of rotatable bonds is 9. The Bertz CT molecular complexity index is 1230. The van der Waals surface area contributed by atoms with Crippen LogP contribution in [0.25, 0.3) is 0 Å². The highest BCUT2D eigenvalue weighted by molar-refractivity contribution is 7.95. The summed E-state index contributed by atoms with van der Waals surface area (Å²) in [5, 5.41) is 6.02. The minimum atomic E-state index is -3.90. The molecule has 0 saturated carbocycles. The first-order chi connectivity index (χ1) is 15.7. The molecule has 1 fully saturated rings. The number of anilines is 2. The smallest absolute Gasteiger partial charge is 0.271 e. The zero-order chi connectivity index (χ0) is 23.5. The zero-order valence-electron chi connectivity index (χ0n) is 17.2. The van der Waals surface area contributed by atoms with E-state index < -0.39 is 26.0 Å². The summed E-state index contributed by atoms with van der Waals surface area (Å²) >= 11 is 2.08. The molecule has 1 aromatic carbocycles. The molecule has 3 aromatic rings. The molecule has 3 heterocycles. The molecule has 2 aromatic heterocycles. The van der Waals surface area contributed by atoms with Gasteiger partial charge in [0.05, 0.1) is 17.5 Å². The van der Waals surface area contributed by atoms with Crippen molar-refractivity contribution in [3.05, 3.63) is 58.8 Å². The molecular formula is C20H21N3O6S4. The van der Waals surface area contributed by atoms with Crippen LogP contribution in [-0.2, 0) is 24.8 Å². The monoisotopic (exact) mass is 527 g/mol. The summed E-state index contributed by atoms with van der Waals surface area (Å²) in [6.07, 6.45) is 1.69. The van der Waals surface area contributed by atoms with Crippen LogP contribution in [0.2, 0.25) is 0 Å². The minimum absolute atomic E-state index is 0.0528. The lowest BCUT2D eigenvalue weighted by Crippen LogP contribution is -2.31. The van der Waals surface area contributed by atoms with Gasteiger partial charge in [-0.1, -0.05) is 12.1 Å². The predicted molar refractivity (Wildman–Crippen MR) is 128 cm³/mol. The molecule has 13 heteroatoms. The van der Waals surface area contributed by atoms with Crippen molar-refractivity contribution in [3.63, 3.8) is 0 Å². The van der Waals surface area contributed by atoms with Crippen LogP contribution in [-0.4, -0.2) is 42.0 Å². The SMILES string of the molecule is O=C(NCC1CCCO1)c1cc(NS(=O)(=O)c2cccs2)cc(NS(=O)(=O)c2cccs2)c1. The van der Waals surface area contributed by atoms with E-state index in [1.54, 1.807) is 22.9 Å². The maximum absolute atomic E-state index is 12.8. The molecule has 0 spiro atoms. The van der Waals surface area contributed by atoms with Crippen molar-refractivity contribution >= 4 is 60.0 Å². The molecular weight excluding hydrogens is 507 g/mol. The number of amides is 1. The van der Waals surface area contributed by atoms with Gasteiger partial charge in [-0.3, -0.25) is 14.2 Å². The van der Waals surface area contributed by atoms with Gasteiger partial charge < -0.3 is 10.1 Å². The van der Waals surface area contributed by atoms with Crippen molar-refractivity contribution in [2.45, 2.75) is 27.4 Å². The van der Waals surface area contributed by atoms with Gasteiger partial charge in [-0.25, -0.2) is 16.8 Å². The Labute approximate surface area is 199 Å². The second-order valence-electron chi connectivity index (χ2n) is 7.22. The van der Waals surface area contributed by atoms with Gasteiger partial charge >= 0.3 is 0 Å². The second kappa shape index (κ2) is 9.81. The molecule has 1 unspecified atom stereocenters. The Balaban J connectivity index is 1.62. The van der Waals surface area contributed by atoms with E-state index >= 15 is 0 Å². The molecule has 4 rings (SSSR count). The third-order valence-electron chi connectivity index (χ3n) is 4.73. The molecule has 9 nitrogen and oxygen atoms in total. The number of nitrogens with one attached hydrogen (secondary N) is 3. The third kappa shape index (κ3) is 5.92. The standard InChI is InChI=1S/C20H21N3O6S4/c24-20(21-13-17-4-1-7-29-17)14-10-15(22-32(25,26)18-5-2-8-30-18)12-16(11-14)23-33(27,28)19-6-3-9-31-19/h2-3,5-6,8-12,17,22-23H,1,4,7,13H2,(H,21,24). The van der Waals surface area contributed by atoms with Crippen LogP contribution in [0.3, 0.4) is 0 Å². The summed E-state index contributed by atoms with van der Waals surface area (Å²) < 4.78 is 61.2. The summed E-state index contributed by atoms with van der Waals surface area (Å²) in [5.74, 6) is -0.473. The van der Waals surface area contributed by atoms with E-state index in [1.165, 1.54) is 30.3 Å². The Morgan fingerprint density at radius 1 is 0.939 bits per heavy atom. The van der Waals surface area contributed by atoms with Crippen molar-refractivity contribution in [1.29, 1.82) is 0 Å². The van der Waals surface area contributed by atoms with E-state index in [9.17, 15) is 21.6 Å². The summed E-state index contributed by atoms with van der Waals surface area (Å²) in [6, 6.07) is 10.2. The van der Waals surface area contributed by atoms with Crippen LogP contribution in [0, 0.1) is 0 Å². The van der Waals surface area contributed by atoms with Crippen LogP contribution >= 0.6 is 22.7 Å². The topological polar surface area (TPSA) is 131 Å². The maximum atomic E-state index is 12.8. The Morgan fingerprint density at radius 3 is 1.97 bits per heavy atom. The molecule has 1 amide bonds. The number of thiophene rings is 2. The number of carbonyl (C=O) groups excluding carboxylic acids is 1. The largest absolute Gasteiger partial charge is 0.376 e. The van der Waals surface area contributed by atoms with E-state index in [4.69, 9.17) is 4.74 Å². The second-order valence-corrected chi connectivity index (χ2v) is 12.9. The Kier molecular flexibility index (Phi) is 7.05. The van der Waals surface area contributed by atoms with Gasteiger partial charge in [-0.05, 0) is 53.9 Å². The van der Waals surface area contributed by atoms with Gasteiger partial charge in [0.2, 0.25) is 0 Å². The molecule has 1 aliphatic rings. The first kappa shape index (κ1) is 23.7. The zero-order valence-corrected chi connectivity index (χ0v) is 20.5. The quantitative estimate of drug-likeness (QED) is 0.391. The molecule has 3 N–H and O–H groups in total. The first-order valence-electron chi connectivity index (χ1n) is 9.90. The van der Waals surface area contributed by atoms with Crippen LogP contribution in [0.4, 0.5) is 11.4 Å². The molecule has 1 aliphatic heterocycles. The molecule has 1 saturated heterocycles. The van der Waals surface area contributed by atoms with Crippen LogP contribution in [0.1, 0.15) is 23.2 Å². The van der Waals surface area contributed by atoms with Crippen molar-refractivity contribution in [1.82, 2.24) is 5.32 Å². The number of benzene rings is 1. The van der Waals surface area contributed by atoms with E-state index in [0.29, 0.717) is 13.2 Å². The van der Waals surface area contributed by atoms with Crippen molar-refractivity contribution in [2.24, 2.45) is 0 Å². The van der Waals surface area contributed by atoms with Crippen LogP contribution < -0.4 is 14.8 Å². The Hall–Kier alpha value is -2.45. The summed E-state index contributed by atoms with van der Waals surface area (Å²) in [6.45, 7) is 0.954. The summed E-state index contributed by atoms with van der Waals surface area (Å²) in [5.41, 5.74) is 0.206. The highest BCUT2D eigenvalue weighted by Gasteiger charge is 2.21. The highest BCUT2D eigenvalue weighted by Crippen LogP contribution is 2.27. The Morgan fingerprint density at radius 2 is 1.52 bits per heavy atom. The molecule has 0 bridgehead atoms. The van der Waals surface area contributed by atoms with Gasteiger partial charge in [0.1, 0.15) is 8.42 Å². The van der Waals surface area contributed by atoms with Gasteiger partial charge in [-0.15, -0.1) is 22.7 Å². The molecule has 176 valence electrons. The van der Waals surface area contributed by atoms with Gasteiger partial charge in [0.25, 0.3) is 26.0 Å². The average molecular weight is 528 g/mol. The van der Waals surface area contributed by atoms with E-state index in [-0.39, 0.29) is 31.5 Å². The van der Waals surface area contributed by atoms with Crippen LogP contribution in [0.5, 0.6) is 0 Å². The fourth-order valence-electron chi connectivity index (χ4n) is 3.23. The lowest BCUT2D eigenvalue weighted by atomic mass is 10.1. The van der Waals surface area contributed by atoms with E-state index in [0.717, 1.165) is 35.5 Å². The maximum Gasteiger partial charge on any atom is 0.271 e. The van der Waals surface area contributed by atoms with E-state index in [2.05, 4.69) is 14.8 Å². The molecule has 1 atom stereocenters. The summed E-state index contributed by atoms with van der Waals surface area (Å²) in [7, 11) is -7.80. The molecule has 33 heavy (non-hydrogen) atoms. The third-order valence-corrected chi connectivity index (χ3v) is 10.3. The number of sulfonamides is 2. The van der Waals surface area contributed by atoms with Crippen molar-refractivity contribution in [2.75, 3.05) is 22.6 Å². The number of hydrogen-bond acceptors (Lipinski definition) is 8. The average Bonchev–Trinajstić information content (AvgIpc) is 3.54. The number of hydrogen-bond donors (Lipinski definition) is 3. The minimum Gasteiger partial charge on any atom is -0.376 e. The summed E-state index contributed by atoms with van der Waals surface area (Å²) in [4.78, 5) is 12.8. The number of carbonyl (C=O) groups is 1. The fourth-order valence-corrected chi connectivity index (χ4v) is 7.30. The molecule has 0 aliphatic carbocycles. The predicted octanol–water partition coefficient (Wildman–Crippen LogP) is 3.32. The highest BCUT2D eigenvalue weighted by atomic mass is 32.3. The normalized spacial score (nSPS) is 16.4. The number of ether oxygens (including phenoxy) is 1. The van der Waals surface area contributed by atoms with Crippen molar-refractivity contribution in [3.8, 4) is 0 Å². The lowest BCUT2D eigenvalue weighted by molar-refractivity contribution is 0.0858. The van der Waals surface area contributed by atoms with E-state index in [1.807, 2.05) is 0 Å². The van der Waals surface area contributed by atoms with Crippen molar-refractivity contribution < 1.29 is 26.4 Å². The van der Waals surface area contributed by atoms with Gasteiger partial charge in [0, 0.05) is 18.7 Å². The van der Waals surface area contributed by atoms with Gasteiger partial charge in [-0.2, -0.15) is 0 Å². The van der Waals surface area contributed by atoms with Gasteiger partial charge in [0.15, 0.2) is 0 Å². The molecule has 0 radical (unpaired) electrons. The first-order valence-corrected chi connectivity index (χ1v) is 14.6.